The molecular formula is C14H23N3S. The smallest absolute Gasteiger partial charge is 0.0940 e. The van der Waals surface area contributed by atoms with E-state index in [0.717, 1.165) is 24.9 Å². The number of aryl methyl sites for hydroxylation is 1. The van der Waals surface area contributed by atoms with Crippen molar-refractivity contribution in [3.05, 3.63) is 16.1 Å². The summed E-state index contributed by atoms with van der Waals surface area (Å²) < 4.78 is 0. The minimum Gasteiger partial charge on any atom is -0.311 e. The van der Waals surface area contributed by atoms with Crippen molar-refractivity contribution in [2.24, 2.45) is 5.92 Å². The number of thiazole rings is 1. The largest absolute Gasteiger partial charge is 0.311 e. The van der Waals surface area contributed by atoms with Crippen molar-refractivity contribution >= 4 is 11.3 Å². The molecule has 2 aliphatic rings. The Morgan fingerprint density at radius 2 is 2.33 bits per heavy atom. The lowest BCUT2D eigenvalue weighted by molar-refractivity contribution is 0.134. The summed E-state index contributed by atoms with van der Waals surface area (Å²) in [5.74, 6) is 0.960. The van der Waals surface area contributed by atoms with Gasteiger partial charge in [0.1, 0.15) is 0 Å². The van der Waals surface area contributed by atoms with Gasteiger partial charge in [0.2, 0.25) is 0 Å². The number of hydrogen-bond acceptors (Lipinski definition) is 4. The summed E-state index contributed by atoms with van der Waals surface area (Å²) in [5, 5.41) is 7.16. The molecule has 0 amide bonds. The van der Waals surface area contributed by atoms with E-state index in [0.29, 0.717) is 6.04 Å². The summed E-state index contributed by atoms with van der Waals surface area (Å²) in [6.45, 7) is 7.97. The molecule has 0 radical (unpaired) electrons. The molecule has 2 atom stereocenters. The van der Waals surface area contributed by atoms with Gasteiger partial charge in [0.05, 0.1) is 5.01 Å². The molecule has 0 bridgehead atoms. The highest BCUT2D eigenvalue weighted by Crippen LogP contribution is 2.34. The monoisotopic (exact) mass is 265 g/mol. The Morgan fingerprint density at radius 1 is 1.50 bits per heavy atom. The van der Waals surface area contributed by atoms with E-state index in [1.54, 1.807) is 11.3 Å². The maximum absolute atomic E-state index is 4.56. The average Bonchev–Trinajstić information content (AvgIpc) is 3.12. The molecule has 2 heterocycles. The van der Waals surface area contributed by atoms with Crippen LogP contribution in [0.3, 0.4) is 0 Å². The van der Waals surface area contributed by atoms with E-state index in [1.165, 1.54) is 36.6 Å². The van der Waals surface area contributed by atoms with Crippen molar-refractivity contribution in [1.82, 2.24) is 15.2 Å². The van der Waals surface area contributed by atoms with Crippen LogP contribution in [-0.4, -0.2) is 41.6 Å². The second-order valence-electron chi connectivity index (χ2n) is 5.83. The predicted molar refractivity (Wildman–Crippen MR) is 76.1 cm³/mol. The molecule has 1 aliphatic heterocycles. The quantitative estimate of drug-likeness (QED) is 0.903. The van der Waals surface area contributed by atoms with Crippen LogP contribution in [0, 0.1) is 12.8 Å². The molecule has 2 unspecified atom stereocenters. The van der Waals surface area contributed by atoms with E-state index in [2.05, 4.69) is 34.4 Å². The summed E-state index contributed by atoms with van der Waals surface area (Å²) in [6, 6.07) is 1.42. The molecule has 1 saturated carbocycles. The lowest BCUT2D eigenvalue weighted by Gasteiger charge is -2.39. The maximum Gasteiger partial charge on any atom is 0.0940 e. The van der Waals surface area contributed by atoms with Crippen LogP contribution in [-0.2, 0) is 6.42 Å². The highest BCUT2D eigenvalue weighted by molar-refractivity contribution is 7.09. The number of piperazine rings is 1. The first kappa shape index (κ1) is 12.6. The van der Waals surface area contributed by atoms with Crippen molar-refractivity contribution < 1.29 is 0 Å². The average molecular weight is 265 g/mol. The van der Waals surface area contributed by atoms with Gasteiger partial charge in [0, 0.05) is 49.2 Å². The number of hydrogen-bond donors (Lipinski definition) is 1. The van der Waals surface area contributed by atoms with Gasteiger partial charge in [-0.25, -0.2) is 4.98 Å². The first-order valence-corrected chi connectivity index (χ1v) is 7.99. The van der Waals surface area contributed by atoms with Crippen LogP contribution < -0.4 is 5.32 Å². The molecule has 1 aliphatic carbocycles. The molecule has 18 heavy (non-hydrogen) atoms. The highest BCUT2D eigenvalue weighted by Gasteiger charge is 2.35. The molecule has 1 N–H and O–H groups in total. The van der Waals surface area contributed by atoms with Crippen LogP contribution in [0.25, 0.3) is 0 Å². The minimum atomic E-state index is 0.668. The third kappa shape index (κ3) is 2.92. The number of nitrogens with one attached hydrogen (secondary N) is 1. The SMILES string of the molecule is Cc1csc(CCN2CC(C3CC3)NCC2C)n1. The fourth-order valence-electron chi connectivity index (χ4n) is 2.83. The number of nitrogens with zero attached hydrogens (tertiary/aromatic N) is 2. The van der Waals surface area contributed by atoms with Crippen molar-refractivity contribution in [3.63, 3.8) is 0 Å². The molecule has 0 aromatic carbocycles. The van der Waals surface area contributed by atoms with Crippen LogP contribution in [0.2, 0.25) is 0 Å². The Kier molecular flexibility index (Phi) is 3.68. The molecule has 2 fully saturated rings. The Labute approximate surface area is 114 Å². The van der Waals surface area contributed by atoms with Gasteiger partial charge in [-0.2, -0.15) is 0 Å². The molecule has 1 aromatic heterocycles. The summed E-state index contributed by atoms with van der Waals surface area (Å²) in [5.41, 5.74) is 1.17. The van der Waals surface area contributed by atoms with E-state index < -0.39 is 0 Å². The van der Waals surface area contributed by atoms with Crippen LogP contribution in [0.4, 0.5) is 0 Å². The van der Waals surface area contributed by atoms with Crippen molar-refractivity contribution in [2.45, 2.75) is 45.2 Å². The van der Waals surface area contributed by atoms with Gasteiger partial charge < -0.3 is 5.32 Å². The first-order chi connectivity index (χ1) is 8.72. The van der Waals surface area contributed by atoms with Crippen LogP contribution in [0.1, 0.15) is 30.5 Å². The highest BCUT2D eigenvalue weighted by atomic mass is 32.1. The standard InChI is InChI=1S/C14H23N3S/c1-10-9-18-14(16-10)5-6-17-8-13(12-3-4-12)15-7-11(17)2/h9,11-13,15H,3-8H2,1-2H3. The fourth-order valence-corrected chi connectivity index (χ4v) is 3.60. The van der Waals surface area contributed by atoms with Gasteiger partial charge in [0.15, 0.2) is 0 Å². The molecule has 100 valence electrons. The normalized spacial score (nSPS) is 29.7. The molecule has 3 rings (SSSR count). The van der Waals surface area contributed by atoms with Gasteiger partial charge in [-0.15, -0.1) is 11.3 Å². The van der Waals surface area contributed by atoms with E-state index in [9.17, 15) is 0 Å². The first-order valence-electron chi connectivity index (χ1n) is 7.11. The predicted octanol–water partition coefficient (Wildman–Crippen LogP) is 2.07. The maximum atomic E-state index is 4.56. The van der Waals surface area contributed by atoms with Gasteiger partial charge in [0.25, 0.3) is 0 Å². The second kappa shape index (κ2) is 5.27. The summed E-state index contributed by atoms with van der Waals surface area (Å²) in [6.07, 6.45) is 3.98. The molecule has 1 saturated heterocycles. The third-order valence-electron chi connectivity index (χ3n) is 4.20. The second-order valence-corrected chi connectivity index (χ2v) is 6.77. The number of rotatable bonds is 4. The molecule has 0 spiro atoms. The zero-order valence-corrected chi connectivity index (χ0v) is 12.2. The molecule has 1 aromatic rings. The lowest BCUT2D eigenvalue weighted by atomic mass is 10.1. The van der Waals surface area contributed by atoms with Crippen molar-refractivity contribution in [3.8, 4) is 0 Å². The van der Waals surface area contributed by atoms with Gasteiger partial charge >= 0.3 is 0 Å². The van der Waals surface area contributed by atoms with Crippen molar-refractivity contribution in [1.29, 1.82) is 0 Å². The molecular weight excluding hydrogens is 242 g/mol. The molecule has 4 heteroatoms. The van der Waals surface area contributed by atoms with Crippen LogP contribution in [0.5, 0.6) is 0 Å². The summed E-state index contributed by atoms with van der Waals surface area (Å²) in [4.78, 5) is 7.21. The van der Waals surface area contributed by atoms with E-state index >= 15 is 0 Å². The van der Waals surface area contributed by atoms with Gasteiger partial charge in [-0.1, -0.05) is 0 Å². The van der Waals surface area contributed by atoms with E-state index in [1.807, 2.05) is 0 Å². The van der Waals surface area contributed by atoms with Gasteiger partial charge in [-0.05, 0) is 32.6 Å². The Morgan fingerprint density at radius 3 is 3.00 bits per heavy atom. The Balaban J connectivity index is 1.53. The Hall–Kier alpha value is -0.450. The summed E-state index contributed by atoms with van der Waals surface area (Å²) in [7, 11) is 0. The van der Waals surface area contributed by atoms with Gasteiger partial charge in [-0.3, -0.25) is 4.90 Å². The van der Waals surface area contributed by atoms with Crippen LogP contribution >= 0.6 is 11.3 Å². The minimum absolute atomic E-state index is 0.668. The zero-order chi connectivity index (χ0) is 12.5. The van der Waals surface area contributed by atoms with E-state index in [-0.39, 0.29) is 0 Å². The van der Waals surface area contributed by atoms with E-state index in [4.69, 9.17) is 0 Å². The Bertz CT molecular complexity index is 399. The fraction of sp³-hybridized carbons (Fsp3) is 0.786. The summed E-state index contributed by atoms with van der Waals surface area (Å²) >= 11 is 1.81. The third-order valence-corrected chi connectivity index (χ3v) is 5.23. The van der Waals surface area contributed by atoms with Crippen LogP contribution in [0.15, 0.2) is 5.38 Å². The topological polar surface area (TPSA) is 28.2 Å². The number of aromatic nitrogens is 1. The van der Waals surface area contributed by atoms with Crippen molar-refractivity contribution in [2.75, 3.05) is 19.6 Å². The lowest BCUT2D eigenvalue weighted by Crippen LogP contribution is -2.56. The zero-order valence-electron chi connectivity index (χ0n) is 11.4. The molecule has 3 nitrogen and oxygen atoms in total.